The lowest BCUT2D eigenvalue weighted by molar-refractivity contribution is -0.384. The Morgan fingerprint density at radius 2 is 2.33 bits per heavy atom. The van der Waals surface area contributed by atoms with E-state index >= 15 is 0 Å². The molecule has 1 heterocycles. The number of phenolic OH excluding ortho intramolecular Hbond substituents is 1. The number of phenols is 1. The minimum Gasteiger partial charge on any atom is -0.508 e. The number of aromatic hydroxyl groups is 1. The van der Waals surface area contributed by atoms with Gasteiger partial charge in [-0.25, -0.2) is 0 Å². The van der Waals surface area contributed by atoms with Crippen LogP contribution in [-0.4, -0.2) is 25.0 Å². The van der Waals surface area contributed by atoms with Crippen LogP contribution in [-0.2, 0) is 13.6 Å². The van der Waals surface area contributed by atoms with Crippen LogP contribution in [0.1, 0.15) is 5.69 Å². The third kappa shape index (κ3) is 2.37. The smallest absolute Gasteiger partial charge is 0.296 e. The minimum atomic E-state index is -0.552. The summed E-state index contributed by atoms with van der Waals surface area (Å²) in [7, 11) is 1.73. The van der Waals surface area contributed by atoms with Gasteiger partial charge in [-0.2, -0.15) is 0 Å². The van der Waals surface area contributed by atoms with Gasteiger partial charge in [-0.15, -0.1) is 5.10 Å². The molecule has 2 rings (SSSR count). The maximum absolute atomic E-state index is 10.8. The highest BCUT2D eigenvalue weighted by Gasteiger charge is 2.14. The quantitative estimate of drug-likeness (QED) is 0.476. The highest BCUT2D eigenvalue weighted by molar-refractivity contribution is 5.63. The highest BCUT2D eigenvalue weighted by atomic mass is 16.6. The molecule has 1 aromatic carbocycles. The van der Waals surface area contributed by atoms with Crippen molar-refractivity contribution in [2.24, 2.45) is 7.05 Å². The van der Waals surface area contributed by atoms with Crippen LogP contribution in [0.2, 0.25) is 0 Å². The van der Waals surface area contributed by atoms with E-state index in [-0.39, 0.29) is 11.4 Å². The van der Waals surface area contributed by atoms with Crippen LogP contribution in [0, 0.1) is 10.1 Å². The molecule has 0 unspecified atom stereocenters. The van der Waals surface area contributed by atoms with E-state index in [1.54, 1.807) is 17.9 Å². The summed E-state index contributed by atoms with van der Waals surface area (Å²) in [6.07, 6.45) is 1.57. The van der Waals surface area contributed by atoms with Gasteiger partial charge in [0.2, 0.25) is 0 Å². The zero-order valence-corrected chi connectivity index (χ0v) is 9.57. The van der Waals surface area contributed by atoms with Gasteiger partial charge in [-0.1, -0.05) is 5.21 Å². The van der Waals surface area contributed by atoms with Crippen molar-refractivity contribution in [3.8, 4) is 5.75 Å². The van der Waals surface area contributed by atoms with Crippen LogP contribution < -0.4 is 5.32 Å². The van der Waals surface area contributed by atoms with Crippen molar-refractivity contribution < 1.29 is 10.0 Å². The number of hydrogen-bond donors (Lipinski definition) is 2. The lowest BCUT2D eigenvalue weighted by atomic mass is 10.2. The van der Waals surface area contributed by atoms with Gasteiger partial charge < -0.3 is 10.4 Å². The van der Waals surface area contributed by atoms with E-state index < -0.39 is 4.92 Å². The Morgan fingerprint density at radius 3 is 2.94 bits per heavy atom. The molecular formula is C10H11N5O3. The second kappa shape index (κ2) is 4.70. The molecule has 18 heavy (non-hydrogen) atoms. The molecule has 0 aliphatic heterocycles. The number of aryl methyl sites for hydroxylation is 1. The summed E-state index contributed by atoms with van der Waals surface area (Å²) in [5.74, 6) is -0.144. The second-order valence-corrected chi connectivity index (χ2v) is 3.66. The average molecular weight is 249 g/mol. The summed E-state index contributed by atoms with van der Waals surface area (Å²) in [4.78, 5) is 10.3. The molecule has 0 spiro atoms. The molecule has 0 atom stereocenters. The summed E-state index contributed by atoms with van der Waals surface area (Å²) in [5.41, 5.74) is 0.946. The standard InChI is InChI=1S/C10H11N5O3/c1-14-7(6-12-13-14)5-11-9-3-2-8(16)4-10(9)15(17)18/h2-4,6,11,16H,5H2,1H3. The number of nitrogens with zero attached hydrogens (tertiary/aromatic N) is 4. The molecule has 0 saturated carbocycles. The minimum absolute atomic E-state index is 0.144. The number of aromatic nitrogens is 3. The van der Waals surface area contributed by atoms with E-state index in [2.05, 4.69) is 15.6 Å². The van der Waals surface area contributed by atoms with Crippen molar-refractivity contribution in [2.45, 2.75) is 6.54 Å². The van der Waals surface area contributed by atoms with Crippen molar-refractivity contribution in [1.29, 1.82) is 0 Å². The predicted molar refractivity (Wildman–Crippen MR) is 63.1 cm³/mol. The van der Waals surface area contributed by atoms with Crippen LogP contribution in [0.4, 0.5) is 11.4 Å². The summed E-state index contributed by atoms with van der Waals surface area (Å²) in [6, 6.07) is 3.94. The average Bonchev–Trinajstić information content (AvgIpc) is 2.73. The number of hydrogen-bond acceptors (Lipinski definition) is 6. The van der Waals surface area contributed by atoms with E-state index in [4.69, 9.17) is 0 Å². The molecule has 2 N–H and O–H groups in total. The number of benzene rings is 1. The fourth-order valence-electron chi connectivity index (χ4n) is 1.48. The molecule has 0 bridgehead atoms. The van der Waals surface area contributed by atoms with Gasteiger partial charge in [0.05, 0.1) is 29.4 Å². The van der Waals surface area contributed by atoms with Gasteiger partial charge in [-0.3, -0.25) is 14.8 Å². The third-order valence-corrected chi connectivity index (χ3v) is 2.45. The van der Waals surface area contributed by atoms with Crippen LogP contribution in [0.25, 0.3) is 0 Å². The molecule has 8 heteroatoms. The van der Waals surface area contributed by atoms with E-state index in [0.29, 0.717) is 12.2 Å². The zero-order chi connectivity index (χ0) is 13.1. The number of anilines is 1. The monoisotopic (exact) mass is 249 g/mol. The predicted octanol–water partition coefficient (Wildman–Crippen LogP) is 1.04. The highest BCUT2D eigenvalue weighted by Crippen LogP contribution is 2.28. The molecule has 94 valence electrons. The van der Waals surface area contributed by atoms with Gasteiger partial charge in [0, 0.05) is 7.05 Å². The van der Waals surface area contributed by atoms with Crippen LogP contribution in [0.5, 0.6) is 5.75 Å². The van der Waals surface area contributed by atoms with Gasteiger partial charge in [-0.05, 0) is 12.1 Å². The maximum Gasteiger partial charge on any atom is 0.296 e. The molecule has 8 nitrogen and oxygen atoms in total. The molecular weight excluding hydrogens is 238 g/mol. The number of nitro groups is 1. The van der Waals surface area contributed by atoms with E-state index in [9.17, 15) is 15.2 Å². The Balaban J connectivity index is 2.19. The topological polar surface area (TPSA) is 106 Å². The molecule has 0 fully saturated rings. The molecule has 0 aliphatic rings. The first-order valence-corrected chi connectivity index (χ1v) is 5.13. The summed E-state index contributed by atoms with van der Waals surface area (Å²) >= 11 is 0. The Bertz CT molecular complexity index is 581. The lowest BCUT2D eigenvalue weighted by Gasteiger charge is -2.07. The normalized spacial score (nSPS) is 10.3. The van der Waals surface area contributed by atoms with Gasteiger partial charge in [0.25, 0.3) is 5.69 Å². The summed E-state index contributed by atoms with van der Waals surface area (Å²) in [6.45, 7) is 0.356. The summed E-state index contributed by atoms with van der Waals surface area (Å²) < 4.78 is 1.57. The van der Waals surface area contributed by atoms with Crippen molar-refractivity contribution in [2.75, 3.05) is 5.32 Å². The van der Waals surface area contributed by atoms with Gasteiger partial charge in [0.15, 0.2) is 0 Å². The number of rotatable bonds is 4. The Morgan fingerprint density at radius 1 is 1.56 bits per heavy atom. The van der Waals surface area contributed by atoms with Crippen molar-refractivity contribution in [3.63, 3.8) is 0 Å². The number of nitro benzene ring substituents is 1. The van der Waals surface area contributed by atoms with Crippen molar-refractivity contribution in [1.82, 2.24) is 15.0 Å². The molecule has 0 saturated heterocycles. The first-order chi connectivity index (χ1) is 8.58. The van der Waals surface area contributed by atoms with Gasteiger partial charge >= 0.3 is 0 Å². The molecule has 0 amide bonds. The SMILES string of the molecule is Cn1nncc1CNc1ccc(O)cc1[N+](=O)[O-]. The Hall–Kier alpha value is -2.64. The van der Waals surface area contributed by atoms with E-state index in [1.165, 1.54) is 12.1 Å². The molecule has 1 aromatic heterocycles. The maximum atomic E-state index is 10.8. The van der Waals surface area contributed by atoms with E-state index in [0.717, 1.165) is 11.8 Å². The van der Waals surface area contributed by atoms with Crippen LogP contribution in [0.15, 0.2) is 24.4 Å². The number of nitrogens with one attached hydrogen (secondary N) is 1. The van der Waals surface area contributed by atoms with Gasteiger partial charge in [0.1, 0.15) is 11.4 Å². The van der Waals surface area contributed by atoms with Crippen molar-refractivity contribution >= 4 is 11.4 Å². The zero-order valence-electron chi connectivity index (χ0n) is 9.57. The molecule has 2 aromatic rings. The Kier molecular flexibility index (Phi) is 3.09. The fourth-order valence-corrected chi connectivity index (χ4v) is 1.48. The van der Waals surface area contributed by atoms with Crippen LogP contribution >= 0.6 is 0 Å². The summed E-state index contributed by atoms with van der Waals surface area (Å²) in [5, 5.41) is 30.4. The fraction of sp³-hybridized carbons (Fsp3) is 0.200. The second-order valence-electron chi connectivity index (χ2n) is 3.66. The molecule has 0 aliphatic carbocycles. The molecule has 0 radical (unpaired) electrons. The first-order valence-electron chi connectivity index (χ1n) is 5.13. The van der Waals surface area contributed by atoms with E-state index in [1.807, 2.05) is 0 Å². The van der Waals surface area contributed by atoms with Crippen molar-refractivity contribution in [3.05, 3.63) is 40.2 Å². The largest absolute Gasteiger partial charge is 0.508 e. The lowest BCUT2D eigenvalue weighted by Crippen LogP contribution is -2.06. The van der Waals surface area contributed by atoms with Crippen LogP contribution in [0.3, 0.4) is 0 Å². The Labute approximate surface area is 102 Å². The third-order valence-electron chi connectivity index (χ3n) is 2.45. The first kappa shape index (κ1) is 11.8.